The summed E-state index contributed by atoms with van der Waals surface area (Å²) in [5.41, 5.74) is 1.20. The van der Waals surface area contributed by atoms with Gasteiger partial charge in [0.05, 0.1) is 5.60 Å². The molecule has 0 aromatic rings. The predicted octanol–water partition coefficient (Wildman–Crippen LogP) is 3.39. The molecule has 0 amide bonds. The van der Waals surface area contributed by atoms with E-state index in [-0.39, 0.29) is 5.60 Å². The Labute approximate surface area is 98.9 Å². The van der Waals surface area contributed by atoms with Crippen LogP contribution in [0.3, 0.4) is 0 Å². The van der Waals surface area contributed by atoms with Gasteiger partial charge in [0.1, 0.15) is 6.61 Å². The lowest BCUT2D eigenvalue weighted by Crippen LogP contribution is -2.59. The molecule has 4 aliphatic carbocycles. The Morgan fingerprint density at radius 1 is 1.12 bits per heavy atom. The van der Waals surface area contributed by atoms with Crippen LogP contribution in [-0.2, 0) is 4.74 Å². The summed E-state index contributed by atoms with van der Waals surface area (Å²) < 4.78 is 6.09. The highest BCUT2D eigenvalue weighted by molar-refractivity contribution is 5.12. The van der Waals surface area contributed by atoms with E-state index in [1.54, 1.807) is 0 Å². The second-order valence-corrected chi connectivity index (χ2v) is 7.31. The number of ether oxygens (including phenoxy) is 1. The molecule has 2 unspecified atom stereocenters. The average Bonchev–Trinajstić information content (AvgIpc) is 2.08. The zero-order valence-corrected chi connectivity index (χ0v) is 10.5. The Morgan fingerprint density at radius 3 is 2.25 bits per heavy atom. The van der Waals surface area contributed by atoms with Gasteiger partial charge in [0, 0.05) is 0 Å². The van der Waals surface area contributed by atoms with Crippen molar-refractivity contribution in [1.29, 1.82) is 0 Å². The molecular weight excluding hydrogens is 196 g/mol. The van der Waals surface area contributed by atoms with Gasteiger partial charge in [0.15, 0.2) is 0 Å². The minimum absolute atomic E-state index is 0.134. The van der Waals surface area contributed by atoms with Crippen LogP contribution in [0.5, 0.6) is 0 Å². The topological polar surface area (TPSA) is 9.23 Å². The summed E-state index contributed by atoms with van der Waals surface area (Å²) in [4.78, 5) is 0. The maximum atomic E-state index is 6.09. The van der Waals surface area contributed by atoms with Gasteiger partial charge in [-0.25, -0.2) is 0 Å². The van der Waals surface area contributed by atoms with Gasteiger partial charge in [0.25, 0.3) is 0 Å². The molecule has 1 heteroatoms. The summed E-state index contributed by atoms with van der Waals surface area (Å²) in [5.74, 6) is 3.54. The van der Waals surface area contributed by atoms with Crippen molar-refractivity contribution in [2.24, 2.45) is 16.7 Å². The average molecular weight is 218 g/mol. The van der Waals surface area contributed by atoms with Gasteiger partial charge in [0.2, 0.25) is 0 Å². The molecule has 0 heterocycles. The minimum atomic E-state index is 0.134. The van der Waals surface area contributed by atoms with Crippen LogP contribution in [0.25, 0.3) is 0 Å². The highest BCUT2D eigenvalue weighted by Crippen LogP contribution is 2.67. The van der Waals surface area contributed by atoms with Crippen molar-refractivity contribution in [1.82, 2.24) is 0 Å². The van der Waals surface area contributed by atoms with Crippen molar-refractivity contribution < 1.29 is 4.74 Å². The molecule has 88 valence electrons. The molecule has 2 atom stereocenters. The molecule has 0 aromatic carbocycles. The third kappa shape index (κ3) is 1.51. The Morgan fingerprint density at radius 2 is 1.75 bits per heavy atom. The van der Waals surface area contributed by atoms with E-state index in [1.807, 2.05) is 0 Å². The summed E-state index contributed by atoms with van der Waals surface area (Å²) in [6, 6.07) is 0. The Hall–Kier alpha value is -0.480. The lowest BCUT2D eigenvalue weighted by molar-refractivity contribution is -0.209. The molecule has 4 aliphatic rings. The Balaban J connectivity index is 1.90. The highest BCUT2D eigenvalue weighted by atomic mass is 16.5. The molecule has 0 spiro atoms. The second kappa shape index (κ2) is 3.05. The molecule has 4 fully saturated rings. The van der Waals surface area contributed by atoms with E-state index in [0.717, 1.165) is 5.92 Å². The predicted molar refractivity (Wildman–Crippen MR) is 64.9 cm³/mol. The van der Waals surface area contributed by atoms with Gasteiger partial charge < -0.3 is 4.74 Å². The van der Waals surface area contributed by atoms with Gasteiger partial charge in [-0.15, -0.1) is 6.42 Å². The largest absolute Gasteiger partial charge is 0.362 e. The van der Waals surface area contributed by atoms with Crippen LogP contribution in [0.1, 0.15) is 52.4 Å². The normalized spacial score (nSPS) is 53.9. The maximum absolute atomic E-state index is 6.09. The van der Waals surface area contributed by atoms with Crippen LogP contribution in [0, 0.1) is 29.1 Å². The number of hydrogen-bond donors (Lipinski definition) is 0. The molecule has 0 aromatic heterocycles. The summed E-state index contributed by atoms with van der Waals surface area (Å²) in [6.45, 7) is 5.42. The Kier molecular flexibility index (Phi) is 2.03. The van der Waals surface area contributed by atoms with E-state index >= 15 is 0 Å². The SMILES string of the molecule is C#CCOC12CC3CC(C)(CC(C)(C3)C1)C2. The molecule has 16 heavy (non-hydrogen) atoms. The monoisotopic (exact) mass is 218 g/mol. The molecule has 4 bridgehead atoms. The maximum Gasteiger partial charge on any atom is 0.108 e. The zero-order chi connectivity index (χ0) is 11.4. The number of terminal acetylenes is 1. The molecule has 0 radical (unpaired) electrons. The van der Waals surface area contributed by atoms with E-state index in [4.69, 9.17) is 11.2 Å². The van der Waals surface area contributed by atoms with E-state index in [2.05, 4.69) is 19.8 Å². The molecular formula is C15H22O. The first-order valence-electron chi connectivity index (χ1n) is 6.54. The number of rotatable bonds is 2. The summed E-state index contributed by atoms with van der Waals surface area (Å²) >= 11 is 0. The van der Waals surface area contributed by atoms with Crippen molar-refractivity contribution in [2.45, 2.75) is 58.0 Å². The van der Waals surface area contributed by atoms with E-state index < -0.39 is 0 Å². The summed E-state index contributed by atoms with van der Waals surface area (Å²) in [6.07, 6.45) is 13.3. The third-order valence-electron chi connectivity index (χ3n) is 5.04. The lowest BCUT2D eigenvalue weighted by Gasteiger charge is -2.64. The van der Waals surface area contributed by atoms with Crippen LogP contribution >= 0.6 is 0 Å². The van der Waals surface area contributed by atoms with Crippen LogP contribution < -0.4 is 0 Å². The van der Waals surface area contributed by atoms with Crippen LogP contribution in [0.15, 0.2) is 0 Å². The first-order chi connectivity index (χ1) is 7.47. The van der Waals surface area contributed by atoms with Crippen molar-refractivity contribution in [3.8, 4) is 12.3 Å². The summed E-state index contributed by atoms with van der Waals surface area (Å²) in [7, 11) is 0. The molecule has 4 rings (SSSR count). The Bertz CT molecular complexity index is 333. The van der Waals surface area contributed by atoms with E-state index in [0.29, 0.717) is 17.4 Å². The second-order valence-electron chi connectivity index (χ2n) is 7.31. The molecule has 1 nitrogen and oxygen atoms in total. The lowest BCUT2D eigenvalue weighted by atomic mass is 9.43. The fourth-order valence-corrected chi connectivity index (χ4v) is 5.70. The fraction of sp³-hybridized carbons (Fsp3) is 0.867. The zero-order valence-electron chi connectivity index (χ0n) is 10.5. The summed E-state index contributed by atoms with van der Waals surface area (Å²) in [5, 5.41) is 0. The smallest absolute Gasteiger partial charge is 0.108 e. The van der Waals surface area contributed by atoms with Gasteiger partial charge in [-0.2, -0.15) is 0 Å². The molecule has 0 aliphatic heterocycles. The van der Waals surface area contributed by atoms with Gasteiger partial charge in [-0.1, -0.05) is 19.8 Å². The minimum Gasteiger partial charge on any atom is -0.362 e. The molecule has 0 N–H and O–H groups in total. The van der Waals surface area contributed by atoms with E-state index in [1.165, 1.54) is 38.5 Å². The van der Waals surface area contributed by atoms with Gasteiger partial charge in [-0.05, 0) is 55.3 Å². The first-order valence-corrected chi connectivity index (χ1v) is 6.54. The number of hydrogen-bond acceptors (Lipinski definition) is 1. The van der Waals surface area contributed by atoms with Crippen LogP contribution in [-0.4, -0.2) is 12.2 Å². The highest BCUT2D eigenvalue weighted by Gasteiger charge is 2.60. The first kappa shape index (κ1) is 10.7. The quantitative estimate of drug-likeness (QED) is 0.646. The third-order valence-corrected chi connectivity index (χ3v) is 5.04. The molecule has 4 saturated carbocycles. The van der Waals surface area contributed by atoms with Crippen molar-refractivity contribution in [2.75, 3.05) is 6.61 Å². The van der Waals surface area contributed by atoms with Crippen molar-refractivity contribution >= 4 is 0 Å². The van der Waals surface area contributed by atoms with E-state index in [9.17, 15) is 0 Å². The van der Waals surface area contributed by atoms with Crippen molar-refractivity contribution in [3.63, 3.8) is 0 Å². The van der Waals surface area contributed by atoms with Gasteiger partial charge >= 0.3 is 0 Å². The fourth-order valence-electron chi connectivity index (χ4n) is 5.70. The molecule has 0 saturated heterocycles. The van der Waals surface area contributed by atoms with Crippen molar-refractivity contribution in [3.05, 3.63) is 0 Å². The van der Waals surface area contributed by atoms with Crippen LogP contribution in [0.4, 0.5) is 0 Å². The standard InChI is InChI=1S/C15H22O/c1-4-5-16-15-8-12-6-13(2,10-15)9-14(3,7-12)11-15/h1,12H,5-11H2,2-3H3. The van der Waals surface area contributed by atoms with Gasteiger partial charge in [-0.3, -0.25) is 0 Å². The van der Waals surface area contributed by atoms with Crippen LogP contribution in [0.2, 0.25) is 0 Å².